The molecule has 0 aliphatic rings. The van der Waals surface area contributed by atoms with Gasteiger partial charge in [0, 0.05) is 19.2 Å². The first-order valence-electron chi connectivity index (χ1n) is 6.39. The largest absolute Gasteiger partial charge is 0.496 e. The summed E-state index contributed by atoms with van der Waals surface area (Å²) < 4.78 is 31.6. The molecule has 0 bridgehead atoms. The molecule has 0 atom stereocenters. The number of nitrogens with two attached hydrogens (primary N) is 1. The van der Waals surface area contributed by atoms with Crippen molar-refractivity contribution in [3.63, 3.8) is 0 Å². The van der Waals surface area contributed by atoms with Crippen molar-refractivity contribution in [2.24, 2.45) is 0 Å². The lowest BCUT2D eigenvalue weighted by Gasteiger charge is -2.19. The van der Waals surface area contributed by atoms with E-state index >= 15 is 0 Å². The van der Waals surface area contributed by atoms with E-state index in [2.05, 4.69) is 0 Å². The van der Waals surface area contributed by atoms with Crippen LogP contribution in [-0.2, 0) is 16.6 Å². The molecule has 0 aliphatic heterocycles. The summed E-state index contributed by atoms with van der Waals surface area (Å²) >= 11 is 0. The molecule has 0 saturated carbocycles. The van der Waals surface area contributed by atoms with Crippen molar-refractivity contribution in [2.75, 3.05) is 19.9 Å². The maximum absolute atomic E-state index is 12.6. The summed E-state index contributed by atoms with van der Waals surface area (Å²) in [5.74, 6) is 0.653. The molecule has 2 N–H and O–H groups in total. The number of para-hydroxylation sites is 2. The third kappa shape index (κ3) is 3.17. The molecule has 0 fully saturated rings. The Hall–Kier alpha value is -2.05. The number of hydrogen-bond acceptors (Lipinski definition) is 4. The summed E-state index contributed by atoms with van der Waals surface area (Å²) in [5.41, 5.74) is 6.80. The highest BCUT2D eigenvalue weighted by atomic mass is 32.2. The van der Waals surface area contributed by atoms with E-state index in [0.717, 1.165) is 5.56 Å². The van der Waals surface area contributed by atoms with Gasteiger partial charge in [0.2, 0.25) is 10.0 Å². The number of nitrogens with zero attached hydrogens (tertiary/aromatic N) is 1. The third-order valence-corrected chi connectivity index (χ3v) is 5.07. The van der Waals surface area contributed by atoms with E-state index in [0.29, 0.717) is 5.75 Å². The van der Waals surface area contributed by atoms with Crippen LogP contribution in [0.2, 0.25) is 0 Å². The van der Waals surface area contributed by atoms with E-state index in [1.54, 1.807) is 31.4 Å². The summed E-state index contributed by atoms with van der Waals surface area (Å²) in [6.07, 6.45) is 0. The Morgan fingerprint density at radius 2 is 1.71 bits per heavy atom. The lowest BCUT2D eigenvalue weighted by Crippen LogP contribution is -2.27. The van der Waals surface area contributed by atoms with Gasteiger partial charge in [0.25, 0.3) is 0 Å². The summed E-state index contributed by atoms with van der Waals surface area (Å²) in [6.45, 7) is 0.209. The smallest absolute Gasteiger partial charge is 0.245 e. The van der Waals surface area contributed by atoms with Crippen molar-refractivity contribution in [3.8, 4) is 5.75 Å². The topological polar surface area (TPSA) is 72.6 Å². The molecule has 0 spiro atoms. The summed E-state index contributed by atoms with van der Waals surface area (Å²) in [5, 5.41) is 0. The maximum atomic E-state index is 12.6. The van der Waals surface area contributed by atoms with Crippen LogP contribution in [0.3, 0.4) is 0 Å². The zero-order valence-corrected chi connectivity index (χ0v) is 12.8. The Balaban J connectivity index is 2.32. The minimum Gasteiger partial charge on any atom is -0.496 e. The summed E-state index contributed by atoms with van der Waals surface area (Å²) in [4.78, 5) is 0.113. The van der Waals surface area contributed by atoms with Crippen molar-refractivity contribution >= 4 is 15.7 Å². The van der Waals surface area contributed by atoms with Gasteiger partial charge in [-0.1, -0.05) is 30.3 Å². The van der Waals surface area contributed by atoms with Crippen LogP contribution >= 0.6 is 0 Å². The van der Waals surface area contributed by atoms with Crippen molar-refractivity contribution < 1.29 is 13.2 Å². The monoisotopic (exact) mass is 306 g/mol. The molecule has 0 saturated heterocycles. The zero-order chi connectivity index (χ0) is 15.5. The second-order valence-corrected chi connectivity index (χ2v) is 6.62. The summed E-state index contributed by atoms with van der Waals surface area (Å²) in [6, 6.07) is 13.7. The minimum absolute atomic E-state index is 0.113. The van der Waals surface area contributed by atoms with Gasteiger partial charge in [-0.05, 0) is 18.2 Å². The van der Waals surface area contributed by atoms with E-state index < -0.39 is 10.0 Å². The predicted molar refractivity (Wildman–Crippen MR) is 82.5 cm³/mol. The number of rotatable bonds is 5. The molecule has 2 aromatic carbocycles. The number of ether oxygens (including phenoxy) is 1. The molecule has 0 amide bonds. The van der Waals surface area contributed by atoms with Crippen LogP contribution in [0.4, 0.5) is 5.69 Å². The molecule has 0 radical (unpaired) electrons. The van der Waals surface area contributed by atoms with Gasteiger partial charge in [-0.3, -0.25) is 0 Å². The number of methoxy groups -OCH3 is 1. The lowest BCUT2D eigenvalue weighted by molar-refractivity contribution is 0.398. The van der Waals surface area contributed by atoms with Crippen LogP contribution in [0.25, 0.3) is 0 Å². The van der Waals surface area contributed by atoms with Gasteiger partial charge >= 0.3 is 0 Å². The Morgan fingerprint density at radius 1 is 1.10 bits per heavy atom. The van der Waals surface area contributed by atoms with E-state index in [-0.39, 0.29) is 17.1 Å². The number of sulfonamides is 1. The predicted octanol–water partition coefficient (Wildman–Crippen LogP) is 2.10. The molecule has 0 aromatic heterocycles. The minimum atomic E-state index is -3.64. The fourth-order valence-electron chi connectivity index (χ4n) is 2.04. The molecule has 6 heteroatoms. The summed E-state index contributed by atoms with van der Waals surface area (Å²) in [7, 11) is -0.560. The molecular weight excluding hydrogens is 288 g/mol. The third-order valence-electron chi connectivity index (χ3n) is 3.19. The number of anilines is 1. The van der Waals surface area contributed by atoms with Crippen LogP contribution in [-0.4, -0.2) is 26.9 Å². The fourth-order valence-corrected chi connectivity index (χ4v) is 3.30. The standard InChI is InChI=1S/C15H18N2O3S/c1-17(11-12-7-3-5-9-14(12)20-2)21(18,19)15-10-6-4-8-13(15)16/h3-10H,11,16H2,1-2H3. The van der Waals surface area contributed by atoms with Gasteiger partial charge < -0.3 is 10.5 Å². The molecule has 0 heterocycles. The van der Waals surface area contributed by atoms with Crippen molar-refractivity contribution in [3.05, 3.63) is 54.1 Å². The molecule has 5 nitrogen and oxygen atoms in total. The zero-order valence-electron chi connectivity index (χ0n) is 12.0. The first-order valence-corrected chi connectivity index (χ1v) is 7.83. The normalized spacial score (nSPS) is 11.6. The number of nitrogen functional groups attached to an aromatic ring is 1. The van der Waals surface area contributed by atoms with Crippen LogP contribution in [0.5, 0.6) is 5.75 Å². The molecule has 112 valence electrons. The molecule has 21 heavy (non-hydrogen) atoms. The Bertz CT molecular complexity index is 729. The lowest BCUT2D eigenvalue weighted by atomic mass is 10.2. The Labute approximate surface area is 125 Å². The number of hydrogen-bond donors (Lipinski definition) is 1. The molecule has 2 aromatic rings. The molecular formula is C15H18N2O3S. The molecule has 0 unspecified atom stereocenters. The highest BCUT2D eigenvalue weighted by Gasteiger charge is 2.23. The Morgan fingerprint density at radius 3 is 2.38 bits per heavy atom. The quantitative estimate of drug-likeness (QED) is 0.859. The first kappa shape index (κ1) is 15.3. The highest BCUT2D eigenvalue weighted by Crippen LogP contribution is 2.25. The average molecular weight is 306 g/mol. The van der Waals surface area contributed by atoms with Crippen LogP contribution in [0.1, 0.15) is 5.56 Å². The van der Waals surface area contributed by atoms with E-state index in [1.807, 2.05) is 18.2 Å². The van der Waals surface area contributed by atoms with Gasteiger partial charge in [0.1, 0.15) is 10.6 Å². The van der Waals surface area contributed by atoms with Gasteiger partial charge in [0.15, 0.2) is 0 Å². The van der Waals surface area contributed by atoms with Crippen LogP contribution < -0.4 is 10.5 Å². The van der Waals surface area contributed by atoms with Gasteiger partial charge in [-0.2, -0.15) is 4.31 Å². The first-order chi connectivity index (χ1) is 9.96. The SMILES string of the molecule is COc1ccccc1CN(C)S(=O)(=O)c1ccccc1N. The van der Waals surface area contributed by atoms with Crippen LogP contribution in [0, 0.1) is 0 Å². The second-order valence-electron chi connectivity index (χ2n) is 4.61. The maximum Gasteiger partial charge on any atom is 0.245 e. The van der Waals surface area contributed by atoms with Crippen molar-refractivity contribution in [1.29, 1.82) is 0 Å². The fraction of sp³-hybridized carbons (Fsp3) is 0.200. The van der Waals surface area contributed by atoms with E-state index in [4.69, 9.17) is 10.5 Å². The number of benzene rings is 2. The van der Waals surface area contributed by atoms with Gasteiger partial charge in [-0.15, -0.1) is 0 Å². The van der Waals surface area contributed by atoms with Gasteiger partial charge in [-0.25, -0.2) is 8.42 Å². The highest BCUT2D eigenvalue weighted by molar-refractivity contribution is 7.89. The average Bonchev–Trinajstić information content (AvgIpc) is 2.48. The molecule has 2 rings (SSSR count). The van der Waals surface area contributed by atoms with Crippen molar-refractivity contribution in [1.82, 2.24) is 4.31 Å². The van der Waals surface area contributed by atoms with Gasteiger partial charge in [0.05, 0.1) is 12.8 Å². The Kier molecular flexibility index (Phi) is 4.50. The van der Waals surface area contributed by atoms with Crippen molar-refractivity contribution in [2.45, 2.75) is 11.4 Å². The molecule has 0 aliphatic carbocycles. The van der Waals surface area contributed by atoms with E-state index in [1.165, 1.54) is 17.4 Å². The van der Waals surface area contributed by atoms with E-state index in [9.17, 15) is 8.42 Å². The van der Waals surface area contributed by atoms with Crippen LogP contribution in [0.15, 0.2) is 53.4 Å². The second kappa shape index (κ2) is 6.15.